The number of aryl methyl sites for hydroxylation is 2. The molecule has 7 amide bonds. The summed E-state index contributed by atoms with van der Waals surface area (Å²) in [5.74, 6) is -2.31. The summed E-state index contributed by atoms with van der Waals surface area (Å²) in [6.45, 7) is 1.67. The Labute approximate surface area is 303 Å². The molecular weight excluding hydrogens is 688 g/mol. The van der Waals surface area contributed by atoms with Crippen molar-refractivity contribution in [2.75, 3.05) is 41.7 Å². The fourth-order valence-corrected chi connectivity index (χ4v) is 6.87. The maximum Gasteiger partial charge on any atom is 0.323 e. The van der Waals surface area contributed by atoms with Gasteiger partial charge in [-0.3, -0.25) is 39.2 Å². The Morgan fingerprint density at radius 1 is 0.827 bits per heavy atom. The van der Waals surface area contributed by atoms with Gasteiger partial charge < -0.3 is 20.4 Å². The van der Waals surface area contributed by atoms with Crippen LogP contribution in [0.3, 0.4) is 0 Å². The topological polar surface area (TPSA) is 174 Å². The molecule has 3 aliphatic rings. The van der Waals surface area contributed by atoms with Crippen molar-refractivity contribution in [3.05, 3.63) is 112 Å². The summed E-state index contributed by atoms with van der Waals surface area (Å²) in [6.07, 6.45) is 4.45. The molecule has 5 heterocycles. The molecule has 3 N–H and O–H groups in total. The molecule has 2 aromatic carbocycles. The number of nitrogens with zero attached hydrogens (tertiary/aromatic N) is 5. The zero-order valence-electron chi connectivity index (χ0n) is 27.8. The van der Waals surface area contributed by atoms with Crippen molar-refractivity contribution in [3.63, 3.8) is 0 Å². The van der Waals surface area contributed by atoms with Crippen LogP contribution in [0.25, 0.3) is 0 Å². The number of carbonyl (C=O) groups excluding carboxylic acids is 6. The number of amides is 7. The highest BCUT2D eigenvalue weighted by Gasteiger charge is 2.46. The third-order valence-corrected chi connectivity index (χ3v) is 9.46. The van der Waals surface area contributed by atoms with E-state index in [0.717, 1.165) is 16.2 Å². The third-order valence-electron chi connectivity index (χ3n) is 9.26. The predicted molar refractivity (Wildman–Crippen MR) is 191 cm³/mol. The lowest BCUT2D eigenvalue weighted by molar-refractivity contribution is -0.136. The van der Waals surface area contributed by atoms with Crippen LogP contribution in [-0.4, -0.2) is 87.6 Å². The second-order valence-corrected chi connectivity index (χ2v) is 13.0. The zero-order chi connectivity index (χ0) is 36.4. The van der Waals surface area contributed by atoms with Gasteiger partial charge in [0, 0.05) is 67.6 Å². The number of carbonyl (C=O) groups is 6. The minimum absolute atomic E-state index is 0.0467. The molecule has 2 fully saturated rings. The van der Waals surface area contributed by atoms with Gasteiger partial charge in [-0.25, -0.2) is 9.78 Å². The van der Waals surface area contributed by atoms with Crippen molar-refractivity contribution in [3.8, 4) is 0 Å². The van der Waals surface area contributed by atoms with E-state index in [0.29, 0.717) is 61.6 Å². The van der Waals surface area contributed by atoms with Crippen LogP contribution in [0.4, 0.5) is 21.9 Å². The molecule has 2 aromatic heterocycles. The molecule has 0 aliphatic carbocycles. The van der Waals surface area contributed by atoms with E-state index in [1.807, 2.05) is 23.1 Å². The number of rotatable bonds is 8. The van der Waals surface area contributed by atoms with Gasteiger partial charge in [0.1, 0.15) is 11.2 Å². The summed E-state index contributed by atoms with van der Waals surface area (Å²) < 4.78 is 0. The fourth-order valence-electron chi connectivity index (χ4n) is 6.69. The number of imide groups is 2. The van der Waals surface area contributed by atoms with Crippen LogP contribution >= 0.6 is 11.6 Å². The lowest BCUT2D eigenvalue weighted by atomic mass is 10.0. The van der Waals surface area contributed by atoms with E-state index < -0.39 is 35.7 Å². The van der Waals surface area contributed by atoms with Crippen LogP contribution in [0.1, 0.15) is 55.2 Å². The SMILES string of the molecule is O=C1CCC(N2C(=O)c3cccc(N4CCN(C(=O)c5cccc(CCc6cc(NC(=O)Nc7ccnc(Cl)c7)ccn6)c5)CC4)c3C2=O)C(=O)N1. The Bertz CT molecular complexity index is 2120. The minimum Gasteiger partial charge on any atom is -0.367 e. The molecule has 15 heteroatoms. The number of pyridine rings is 2. The summed E-state index contributed by atoms with van der Waals surface area (Å²) in [7, 11) is 0. The van der Waals surface area contributed by atoms with Crippen molar-refractivity contribution in [2.24, 2.45) is 0 Å². The van der Waals surface area contributed by atoms with Gasteiger partial charge in [0.15, 0.2) is 0 Å². The number of anilines is 3. The number of hydrogen-bond acceptors (Lipinski definition) is 9. The molecule has 2 saturated heterocycles. The van der Waals surface area contributed by atoms with E-state index >= 15 is 0 Å². The van der Waals surface area contributed by atoms with Gasteiger partial charge in [-0.15, -0.1) is 0 Å². The Morgan fingerprint density at radius 3 is 2.31 bits per heavy atom. The maximum absolute atomic E-state index is 13.6. The van der Waals surface area contributed by atoms with Crippen LogP contribution in [-0.2, 0) is 22.4 Å². The summed E-state index contributed by atoms with van der Waals surface area (Å²) in [5, 5.41) is 7.99. The molecule has 0 radical (unpaired) electrons. The lowest BCUT2D eigenvalue weighted by Gasteiger charge is -2.37. The summed E-state index contributed by atoms with van der Waals surface area (Å²) in [4.78, 5) is 90.1. The van der Waals surface area contributed by atoms with E-state index in [4.69, 9.17) is 11.6 Å². The average molecular weight is 721 g/mol. The maximum atomic E-state index is 13.6. The van der Waals surface area contributed by atoms with Crippen molar-refractivity contribution in [1.29, 1.82) is 0 Å². The van der Waals surface area contributed by atoms with Gasteiger partial charge in [-0.2, -0.15) is 0 Å². The van der Waals surface area contributed by atoms with Crippen molar-refractivity contribution >= 4 is 64.2 Å². The number of benzene rings is 2. The Balaban J connectivity index is 0.949. The largest absolute Gasteiger partial charge is 0.367 e. The summed E-state index contributed by atoms with van der Waals surface area (Å²) >= 11 is 5.89. The molecule has 3 aliphatic heterocycles. The molecule has 7 rings (SSSR count). The molecule has 14 nitrogen and oxygen atoms in total. The number of halogens is 1. The van der Waals surface area contributed by atoms with Crippen LogP contribution in [0.2, 0.25) is 5.15 Å². The minimum atomic E-state index is -1.04. The van der Waals surface area contributed by atoms with Crippen LogP contribution in [0, 0.1) is 0 Å². The first-order valence-corrected chi connectivity index (χ1v) is 17.1. The molecule has 264 valence electrons. The van der Waals surface area contributed by atoms with Crippen LogP contribution in [0.15, 0.2) is 79.1 Å². The van der Waals surface area contributed by atoms with Crippen LogP contribution < -0.4 is 20.9 Å². The summed E-state index contributed by atoms with van der Waals surface area (Å²) in [5.41, 5.74) is 4.41. The van der Waals surface area contributed by atoms with Crippen molar-refractivity contribution in [2.45, 2.75) is 31.7 Å². The first kappa shape index (κ1) is 34.3. The van der Waals surface area contributed by atoms with E-state index in [9.17, 15) is 28.8 Å². The van der Waals surface area contributed by atoms with Crippen molar-refractivity contribution < 1.29 is 28.8 Å². The van der Waals surface area contributed by atoms with Gasteiger partial charge in [-0.1, -0.05) is 29.8 Å². The normalized spacial score (nSPS) is 17.2. The number of aromatic nitrogens is 2. The number of fused-ring (bicyclic) bond motifs is 1. The standard InChI is InChI=1S/C37H33ClN8O6/c38-30-21-26(12-14-40-30)42-37(52)41-25-11-13-39-24(20-25)8-7-22-3-1-4-23(19-22)34(49)45-17-15-44(16-18-45)28-6-2-5-27-32(28)36(51)46(35(27)50)29-9-10-31(47)43-33(29)48/h1-6,11-14,19-21,29H,7-10,15-18H2,(H,43,47,48)(H2,39,40,41,42,52). The highest BCUT2D eigenvalue weighted by molar-refractivity contribution is 6.29. The molecule has 52 heavy (non-hydrogen) atoms. The molecule has 0 spiro atoms. The molecule has 4 aromatic rings. The number of piperidine rings is 1. The van der Waals surface area contributed by atoms with E-state index in [-0.39, 0.29) is 35.0 Å². The van der Waals surface area contributed by atoms with E-state index in [1.165, 1.54) is 6.20 Å². The number of urea groups is 1. The number of hydrogen-bond donors (Lipinski definition) is 3. The summed E-state index contributed by atoms with van der Waals surface area (Å²) in [6, 6.07) is 17.7. The molecule has 1 unspecified atom stereocenters. The molecule has 1 atom stereocenters. The molecule has 0 saturated carbocycles. The predicted octanol–water partition coefficient (Wildman–Crippen LogP) is 3.92. The monoisotopic (exact) mass is 720 g/mol. The number of nitrogens with one attached hydrogen (secondary N) is 3. The Morgan fingerprint density at radius 2 is 1.56 bits per heavy atom. The zero-order valence-corrected chi connectivity index (χ0v) is 28.6. The lowest BCUT2D eigenvalue weighted by Crippen LogP contribution is -2.54. The fraction of sp³-hybridized carbons (Fsp3) is 0.243. The van der Waals surface area contributed by atoms with Gasteiger partial charge in [-0.05, 0) is 73.4 Å². The molecule has 0 bridgehead atoms. The second-order valence-electron chi connectivity index (χ2n) is 12.6. The smallest absolute Gasteiger partial charge is 0.323 e. The third kappa shape index (κ3) is 7.19. The quantitative estimate of drug-likeness (QED) is 0.180. The second kappa shape index (κ2) is 14.6. The highest BCUT2D eigenvalue weighted by Crippen LogP contribution is 2.34. The molecular formula is C37H33ClN8O6. The van der Waals surface area contributed by atoms with E-state index in [1.54, 1.807) is 59.6 Å². The first-order valence-electron chi connectivity index (χ1n) is 16.8. The average Bonchev–Trinajstić information content (AvgIpc) is 3.39. The Hall–Kier alpha value is -6.15. The van der Waals surface area contributed by atoms with E-state index in [2.05, 4.69) is 25.9 Å². The Kier molecular flexibility index (Phi) is 9.63. The van der Waals surface area contributed by atoms with Crippen molar-refractivity contribution in [1.82, 2.24) is 25.1 Å². The van der Waals surface area contributed by atoms with Gasteiger partial charge >= 0.3 is 6.03 Å². The van der Waals surface area contributed by atoms with Gasteiger partial charge in [0.05, 0.1) is 16.8 Å². The van der Waals surface area contributed by atoms with Gasteiger partial charge in [0.2, 0.25) is 11.8 Å². The highest BCUT2D eigenvalue weighted by atomic mass is 35.5. The number of piperazine rings is 1. The first-order chi connectivity index (χ1) is 25.1. The van der Waals surface area contributed by atoms with Crippen LogP contribution in [0.5, 0.6) is 0 Å². The van der Waals surface area contributed by atoms with Gasteiger partial charge in [0.25, 0.3) is 17.7 Å².